The molecular weight excluding hydrogens is 292 g/mol. The second-order valence-electron chi connectivity index (χ2n) is 6.19. The van der Waals surface area contributed by atoms with Gasteiger partial charge in [-0.25, -0.2) is 0 Å². The van der Waals surface area contributed by atoms with Crippen LogP contribution in [0.25, 0.3) is 0 Å². The number of likely N-dealkylation sites (tertiary alicyclic amines) is 1. The molecular formula is C18H26N2O3. The molecule has 2 unspecified atom stereocenters. The predicted molar refractivity (Wildman–Crippen MR) is 89.0 cm³/mol. The largest absolute Gasteiger partial charge is 0.396 e. The Bertz CT molecular complexity index is 518. The van der Waals surface area contributed by atoms with E-state index in [0.29, 0.717) is 12.0 Å². The van der Waals surface area contributed by atoms with Gasteiger partial charge in [0.1, 0.15) is 0 Å². The third-order valence-corrected chi connectivity index (χ3v) is 4.29. The maximum Gasteiger partial charge on any atom is 0.251 e. The van der Waals surface area contributed by atoms with Gasteiger partial charge in [0.2, 0.25) is 5.91 Å². The summed E-state index contributed by atoms with van der Waals surface area (Å²) in [6.45, 7) is 2.81. The summed E-state index contributed by atoms with van der Waals surface area (Å²) in [7, 11) is 0. The molecule has 1 aromatic rings. The number of hydrogen-bond acceptors (Lipinski definition) is 3. The standard InChI is InChI=1S/C18H26N2O3/c1-14(19-18(23)15-7-3-2-4-8-15)13-17(22)20-11-5-9-16(20)10-6-12-21/h2-4,7-8,14,16,21H,5-6,9-13H2,1H3,(H,19,23). The molecule has 2 rings (SSSR count). The van der Waals surface area contributed by atoms with Crippen molar-refractivity contribution in [1.29, 1.82) is 0 Å². The summed E-state index contributed by atoms with van der Waals surface area (Å²) >= 11 is 0. The number of carbonyl (C=O) groups is 2. The molecule has 5 heteroatoms. The quantitative estimate of drug-likeness (QED) is 0.807. The molecule has 1 aliphatic heterocycles. The molecule has 1 fully saturated rings. The van der Waals surface area contributed by atoms with Crippen molar-refractivity contribution in [3.05, 3.63) is 35.9 Å². The average Bonchev–Trinajstić information content (AvgIpc) is 3.02. The lowest BCUT2D eigenvalue weighted by Gasteiger charge is -2.26. The van der Waals surface area contributed by atoms with Crippen molar-refractivity contribution in [2.24, 2.45) is 0 Å². The van der Waals surface area contributed by atoms with Crippen LogP contribution in [0.15, 0.2) is 30.3 Å². The Kier molecular flexibility index (Phi) is 6.59. The summed E-state index contributed by atoms with van der Waals surface area (Å²) < 4.78 is 0. The normalized spacial score (nSPS) is 18.7. The highest BCUT2D eigenvalue weighted by atomic mass is 16.3. The average molecular weight is 318 g/mol. The van der Waals surface area contributed by atoms with Gasteiger partial charge in [-0.15, -0.1) is 0 Å². The van der Waals surface area contributed by atoms with E-state index in [1.165, 1.54) is 0 Å². The summed E-state index contributed by atoms with van der Waals surface area (Å²) in [6, 6.07) is 9.07. The zero-order chi connectivity index (χ0) is 16.7. The van der Waals surface area contributed by atoms with Gasteiger partial charge in [0.15, 0.2) is 0 Å². The van der Waals surface area contributed by atoms with Crippen LogP contribution >= 0.6 is 0 Å². The topological polar surface area (TPSA) is 69.6 Å². The third-order valence-electron chi connectivity index (χ3n) is 4.29. The minimum absolute atomic E-state index is 0.0892. The predicted octanol–water partition coefficient (Wildman–Crippen LogP) is 1.96. The fourth-order valence-electron chi connectivity index (χ4n) is 3.12. The van der Waals surface area contributed by atoms with Crippen LogP contribution in [0.2, 0.25) is 0 Å². The zero-order valence-corrected chi connectivity index (χ0v) is 13.7. The van der Waals surface area contributed by atoms with Gasteiger partial charge in [0.25, 0.3) is 5.91 Å². The molecule has 23 heavy (non-hydrogen) atoms. The highest BCUT2D eigenvalue weighted by Crippen LogP contribution is 2.22. The second-order valence-corrected chi connectivity index (χ2v) is 6.19. The van der Waals surface area contributed by atoms with Crippen LogP contribution in [0.3, 0.4) is 0 Å². The molecule has 0 bridgehead atoms. The lowest BCUT2D eigenvalue weighted by molar-refractivity contribution is -0.132. The highest BCUT2D eigenvalue weighted by molar-refractivity contribution is 5.94. The van der Waals surface area contributed by atoms with Crippen molar-refractivity contribution in [2.45, 2.75) is 51.1 Å². The third kappa shape index (κ3) is 5.06. The molecule has 0 radical (unpaired) electrons. The Labute approximate surface area is 137 Å². The molecule has 126 valence electrons. The van der Waals surface area contributed by atoms with Gasteiger partial charge in [0.05, 0.1) is 0 Å². The summed E-state index contributed by atoms with van der Waals surface area (Å²) in [5, 5.41) is 11.8. The molecule has 2 atom stereocenters. The Morgan fingerprint density at radius 3 is 2.78 bits per heavy atom. The molecule has 1 aromatic carbocycles. The molecule has 0 saturated carbocycles. The molecule has 1 heterocycles. The van der Waals surface area contributed by atoms with Gasteiger partial charge in [-0.1, -0.05) is 18.2 Å². The lowest BCUT2D eigenvalue weighted by Crippen LogP contribution is -2.41. The van der Waals surface area contributed by atoms with Gasteiger partial charge in [0, 0.05) is 37.2 Å². The summed E-state index contributed by atoms with van der Waals surface area (Å²) in [6.07, 6.45) is 3.93. The highest BCUT2D eigenvalue weighted by Gasteiger charge is 2.29. The van der Waals surface area contributed by atoms with Gasteiger partial charge < -0.3 is 15.3 Å². The van der Waals surface area contributed by atoms with Crippen LogP contribution in [-0.2, 0) is 4.79 Å². The van der Waals surface area contributed by atoms with Crippen molar-refractivity contribution in [2.75, 3.05) is 13.2 Å². The molecule has 1 aliphatic rings. The molecule has 0 aliphatic carbocycles. The van der Waals surface area contributed by atoms with Gasteiger partial charge >= 0.3 is 0 Å². The number of benzene rings is 1. The fourth-order valence-corrected chi connectivity index (χ4v) is 3.12. The Morgan fingerprint density at radius 1 is 1.35 bits per heavy atom. The van der Waals surface area contributed by atoms with Crippen LogP contribution in [0.5, 0.6) is 0 Å². The van der Waals surface area contributed by atoms with Crippen molar-refractivity contribution in [1.82, 2.24) is 10.2 Å². The van der Waals surface area contributed by atoms with E-state index in [2.05, 4.69) is 5.32 Å². The number of nitrogens with one attached hydrogen (secondary N) is 1. The summed E-state index contributed by atoms with van der Waals surface area (Å²) in [5.74, 6) is -0.0598. The fraction of sp³-hybridized carbons (Fsp3) is 0.556. The molecule has 1 saturated heterocycles. The first-order chi connectivity index (χ1) is 11.1. The number of aliphatic hydroxyl groups excluding tert-OH is 1. The van der Waals surface area contributed by atoms with E-state index in [4.69, 9.17) is 5.11 Å². The van der Waals surface area contributed by atoms with Crippen molar-refractivity contribution in [3.63, 3.8) is 0 Å². The number of nitrogens with zero attached hydrogens (tertiary/aromatic N) is 1. The van der Waals surface area contributed by atoms with E-state index in [1.807, 2.05) is 30.0 Å². The molecule has 0 spiro atoms. The van der Waals surface area contributed by atoms with Gasteiger partial charge in [-0.05, 0) is 44.7 Å². The first-order valence-electron chi connectivity index (χ1n) is 8.38. The Morgan fingerprint density at radius 2 is 2.09 bits per heavy atom. The summed E-state index contributed by atoms with van der Waals surface area (Å²) in [4.78, 5) is 26.5. The number of aliphatic hydroxyl groups is 1. The van der Waals surface area contributed by atoms with E-state index in [0.717, 1.165) is 32.2 Å². The zero-order valence-electron chi connectivity index (χ0n) is 13.7. The Balaban J connectivity index is 1.83. The summed E-state index contributed by atoms with van der Waals surface area (Å²) in [5.41, 5.74) is 0.605. The number of carbonyl (C=O) groups excluding carboxylic acids is 2. The number of rotatable bonds is 7. The maximum absolute atomic E-state index is 12.5. The molecule has 5 nitrogen and oxygen atoms in total. The van der Waals surface area contributed by atoms with E-state index in [-0.39, 0.29) is 30.5 Å². The van der Waals surface area contributed by atoms with Gasteiger partial charge in [-0.2, -0.15) is 0 Å². The first kappa shape index (κ1) is 17.5. The monoisotopic (exact) mass is 318 g/mol. The van der Waals surface area contributed by atoms with Crippen LogP contribution in [0.4, 0.5) is 0 Å². The number of amides is 2. The van der Waals surface area contributed by atoms with Crippen LogP contribution in [0.1, 0.15) is 49.4 Å². The van der Waals surface area contributed by atoms with E-state index < -0.39 is 0 Å². The first-order valence-corrected chi connectivity index (χ1v) is 8.38. The van der Waals surface area contributed by atoms with Crippen LogP contribution in [-0.4, -0.2) is 47.1 Å². The van der Waals surface area contributed by atoms with Crippen LogP contribution < -0.4 is 5.32 Å². The molecule has 0 aromatic heterocycles. The molecule has 2 N–H and O–H groups in total. The minimum atomic E-state index is -0.200. The van der Waals surface area contributed by atoms with E-state index in [9.17, 15) is 9.59 Å². The minimum Gasteiger partial charge on any atom is -0.396 e. The van der Waals surface area contributed by atoms with E-state index >= 15 is 0 Å². The maximum atomic E-state index is 12.5. The van der Waals surface area contributed by atoms with Crippen molar-refractivity contribution >= 4 is 11.8 Å². The molecule has 2 amide bonds. The SMILES string of the molecule is CC(CC(=O)N1CCCC1CCCO)NC(=O)c1ccccc1. The number of hydrogen-bond donors (Lipinski definition) is 2. The lowest BCUT2D eigenvalue weighted by atomic mass is 10.1. The van der Waals surface area contributed by atoms with Crippen molar-refractivity contribution < 1.29 is 14.7 Å². The van der Waals surface area contributed by atoms with Gasteiger partial charge in [-0.3, -0.25) is 9.59 Å². The smallest absolute Gasteiger partial charge is 0.251 e. The van der Waals surface area contributed by atoms with Crippen molar-refractivity contribution in [3.8, 4) is 0 Å². The Hall–Kier alpha value is -1.88. The van der Waals surface area contributed by atoms with E-state index in [1.54, 1.807) is 12.1 Å². The van der Waals surface area contributed by atoms with Crippen LogP contribution in [0, 0.1) is 0 Å². The second kappa shape index (κ2) is 8.67.